The molecule has 0 bridgehead atoms. The molecular formula is C17H23N3OS. The van der Waals surface area contributed by atoms with E-state index in [2.05, 4.69) is 18.1 Å². The fraction of sp³-hybridized carbons (Fsp3) is 0.529. The normalized spacial score (nSPS) is 17.3. The van der Waals surface area contributed by atoms with Crippen molar-refractivity contribution in [2.24, 2.45) is 5.92 Å². The summed E-state index contributed by atoms with van der Waals surface area (Å²) in [7, 11) is 0. The molecule has 2 heterocycles. The number of carbonyl (C=O) groups is 1. The molecule has 1 aliphatic carbocycles. The highest BCUT2D eigenvalue weighted by Crippen LogP contribution is 2.32. The molecule has 0 aromatic carbocycles. The lowest BCUT2D eigenvalue weighted by atomic mass is 9.90. The van der Waals surface area contributed by atoms with Crippen molar-refractivity contribution in [3.8, 4) is 0 Å². The number of amides is 1. The van der Waals surface area contributed by atoms with Gasteiger partial charge in [-0.15, -0.1) is 11.3 Å². The van der Waals surface area contributed by atoms with Crippen molar-refractivity contribution in [2.45, 2.75) is 39.7 Å². The van der Waals surface area contributed by atoms with E-state index >= 15 is 0 Å². The zero-order chi connectivity index (χ0) is 15.5. The van der Waals surface area contributed by atoms with Gasteiger partial charge in [0, 0.05) is 30.4 Å². The Morgan fingerprint density at radius 1 is 1.55 bits per heavy atom. The van der Waals surface area contributed by atoms with Gasteiger partial charge in [-0.05, 0) is 49.8 Å². The molecule has 1 amide bonds. The molecule has 0 fully saturated rings. The number of aryl methyl sites for hydroxylation is 1. The van der Waals surface area contributed by atoms with Crippen LogP contribution in [0.5, 0.6) is 0 Å². The van der Waals surface area contributed by atoms with Crippen LogP contribution in [0.2, 0.25) is 0 Å². The van der Waals surface area contributed by atoms with Crippen LogP contribution in [0.1, 0.15) is 40.4 Å². The molecule has 118 valence electrons. The standard InChI is InChI=1S/C17H23N3OS/c1-3-19(9-10-20-8-4-7-18-20)17(21)16-12-14-11-13(2)5-6-15(14)22-16/h4,7-8,12-13H,3,5-6,9-11H2,1-2H3/t13-/m1/s1. The molecule has 4 nitrogen and oxygen atoms in total. The molecule has 0 unspecified atom stereocenters. The second-order valence-corrected chi connectivity index (χ2v) is 7.20. The van der Waals surface area contributed by atoms with Crippen molar-refractivity contribution in [1.82, 2.24) is 14.7 Å². The summed E-state index contributed by atoms with van der Waals surface area (Å²) in [6.45, 7) is 6.52. The van der Waals surface area contributed by atoms with Crippen LogP contribution in [-0.2, 0) is 19.4 Å². The number of likely N-dealkylation sites (N-methyl/N-ethyl adjacent to an activating group) is 1. The smallest absolute Gasteiger partial charge is 0.263 e. The van der Waals surface area contributed by atoms with Gasteiger partial charge in [0.15, 0.2) is 0 Å². The third kappa shape index (κ3) is 3.24. The monoisotopic (exact) mass is 317 g/mol. The van der Waals surface area contributed by atoms with Gasteiger partial charge in [0.1, 0.15) is 0 Å². The van der Waals surface area contributed by atoms with Gasteiger partial charge >= 0.3 is 0 Å². The van der Waals surface area contributed by atoms with Crippen LogP contribution >= 0.6 is 11.3 Å². The molecule has 1 aliphatic rings. The minimum atomic E-state index is 0.168. The molecular weight excluding hydrogens is 294 g/mol. The molecule has 2 aromatic heterocycles. The number of hydrogen-bond acceptors (Lipinski definition) is 3. The van der Waals surface area contributed by atoms with E-state index in [4.69, 9.17) is 0 Å². The van der Waals surface area contributed by atoms with E-state index in [1.165, 1.54) is 16.9 Å². The lowest BCUT2D eigenvalue weighted by molar-refractivity contribution is 0.0762. The van der Waals surface area contributed by atoms with Crippen molar-refractivity contribution >= 4 is 17.2 Å². The molecule has 0 spiro atoms. The lowest BCUT2D eigenvalue weighted by Gasteiger charge is -2.20. The molecule has 22 heavy (non-hydrogen) atoms. The van der Waals surface area contributed by atoms with E-state index in [1.807, 2.05) is 28.8 Å². The van der Waals surface area contributed by atoms with Crippen LogP contribution in [0.25, 0.3) is 0 Å². The van der Waals surface area contributed by atoms with Crippen LogP contribution in [0.3, 0.4) is 0 Å². The Morgan fingerprint density at radius 3 is 3.14 bits per heavy atom. The summed E-state index contributed by atoms with van der Waals surface area (Å²) in [5, 5.41) is 4.20. The highest BCUT2D eigenvalue weighted by molar-refractivity contribution is 7.14. The van der Waals surface area contributed by atoms with Gasteiger partial charge < -0.3 is 4.90 Å². The predicted molar refractivity (Wildman–Crippen MR) is 89.3 cm³/mol. The van der Waals surface area contributed by atoms with E-state index in [1.54, 1.807) is 17.5 Å². The van der Waals surface area contributed by atoms with Gasteiger partial charge in [0.05, 0.1) is 11.4 Å². The fourth-order valence-corrected chi connectivity index (χ4v) is 4.20. The largest absolute Gasteiger partial charge is 0.336 e. The second-order valence-electron chi connectivity index (χ2n) is 6.06. The molecule has 5 heteroatoms. The SMILES string of the molecule is CCN(CCn1cccn1)C(=O)c1cc2c(s1)CC[C@@H](C)C2. The average Bonchev–Trinajstić information content (AvgIpc) is 3.16. The summed E-state index contributed by atoms with van der Waals surface area (Å²) in [5.41, 5.74) is 1.40. The summed E-state index contributed by atoms with van der Waals surface area (Å²) in [4.78, 5) is 17.0. The summed E-state index contributed by atoms with van der Waals surface area (Å²) >= 11 is 1.70. The van der Waals surface area contributed by atoms with Crippen molar-refractivity contribution in [2.75, 3.05) is 13.1 Å². The predicted octanol–water partition coefficient (Wildman–Crippen LogP) is 3.23. The molecule has 0 saturated carbocycles. The van der Waals surface area contributed by atoms with Gasteiger partial charge in [0.25, 0.3) is 5.91 Å². The Hall–Kier alpha value is -1.62. The summed E-state index contributed by atoms with van der Waals surface area (Å²) < 4.78 is 1.87. The van der Waals surface area contributed by atoms with Crippen LogP contribution in [0.15, 0.2) is 24.5 Å². The van der Waals surface area contributed by atoms with Crippen molar-refractivity contribution in [3.05, 3.63) is 39.8 Å². The number of thiophene rings is 1. The first-order chi connectivity index (χ1) is 10.7. The Balaban J connectivity index is 1.68. The molecule has 2 aromatic rings. The van der Waals surface area contributed by atoms with Crippen LogP contribution < -0.4 is 0 Å². The van der Waals surface area contributed by atoms with E-state index in [0.717, 1.165) is 36.7 Å². The Bertz CT molecular complexity index is 632. The Morgan fingerprint density at radius 2 is 2.41 bits per heavy atom. The number of nitrogens with zero attached hydrogens (tertiary/aromatic N) is 3. The third-order valence-corrected chi connectivity index (χ3v) is 5.59. The van der Waals surface area contributed by atoms with Crippen LogP contribution in [-0.4, -0.2) is 33.7 Å². The molecule has 0 aliphatic heterocycles. The quantitative estimate of drug-likeness (QED) is 0.849. The molecule has 3 rings (SSSR count). The minimum absolute atomic E-state index is 0.168. The second kappa shape index (κ2) is 6.65. The zero-order valence-electron chi connectivity index (χ0n) is 13.3. The van der Waals surface area contributed by atoms with Gasteiger partial charge in [-0.3, -0.25) is 9.48 Å². The molecule has 0 saturated heterocycles. The first kappa shape index (κ1) is 15.3. The Kier molecular flexibility index (Phi) is 4.62. The maximum absolute atomic E-state index is 12.7. The van der Waals surface area contributed by atoms with E-state index in [-0.39, 0.29) is 5.91 Å². The highest BCUT2D eigenvalue weighted by atomic mass is 32.1. The molecule has 0 radical (unpaired) electrons. The number of aromatic nitrogens is 2. The summed E-state index contributed by atoms with van der Waals surface area (Å²) in [6, 6.07) is 4.04. The topological polar surface area (TPSA) is 38.1 Å². The van der Waals surface area contributed by atoms with Crippen molar-refractivity contribution in [3.63, 3.8) is 0 Å². The van der Waals surface area contributed by atoms with Crippen LogP contribution in [0.4, 0.5) is 0 Å². The van der Waals surface area contributed by atoms with Gasteiger partial charge in [-0.2, -0.15) is 5.10 Å². The van der Waals surface area contributed by atoms with E-state index in [9.17, 15) is 4.79 Å². The molecule has 0 N–H and O–H groups in total. The van der Waals surface area contributed by atoms with Crippen LogP contribution in [0, 0.1) is 5.92 Å². The summed E-state index contributed by atoms with van der Waals surface area (Å²) in [5.74, 6) is 0.911. The highest BCUT2D eigenvalue weighted by Gasteiger charge is 2.22. The number of fused-ring (bicyclic) bond motifs is 1. The summed E-state index contributed by atoms with van der Waals surface area (Å²) in [6.07, 6.45) is 7.21. The number of rotatable bonds is 5. The van der Waals surface area contributed by atoms with Gasteiger partial charge in [-0.25, -0.2) is 0 Å². The average molecular weight is 317 g/mol. The maximum Gasteiger partial charge on any atom is 0.263 e. The lowest BCUT2D eigenvalue weighted by Crippen LogP contribution is -2.33. The van der Waals surface area contributed by atoms with Crippen molar-refractivity contribution in [1.29, 1.82) is 0 Å². The molecule has 1 atom stereocenters. The maximum atomic E-state index is 12.7. The van der Waals surface area contributed by atoms with Crippen molar-refractivity contribution < 1.29 is 4.79 Å². The first-order valence-corrected chi connectivity index (χ1v) is 8.87. The third-order valence-electron chi connectivity index (χ3n) is 4.37. The van der Waals surface area contributed by atoms with Gasteiger partial charge in [-0.1, -0.05) is 6.92 Å². The number of hydrogen-bond donors (Lipinski definition) is 0. The van der Waals surface area contributed by atoms with E-state index in [0.29, 0.717) is 6.54 Å². The zero-order valence-corrected chi connectivity index (χ0v) is 14.1. The minimum Gasteiger partial charge on any atom is -0.336 e. The fourth-order valence-electron chi connectivity index (χ4n) is 3.03. The first-order valence-electron chi connectivity index (χ1n) is 8.05. The van der Waals surface area contributed by atoms with E-state index < -0.39 is 0 Å². The Labute approximate surface area is 135 Å². The number of carbonyl (C=O) groups excluding carboxylic acids is 1. The van der Waals surface area contributed by atoms with Gasteiger partial charge in [0.2, 0.25) is 0 Å².